The van der Waals surface area contributed by atoms with E-state index in [2.05, 4.69) is 13.8 Å². The van der Waals surface area contributed by atoms with Gasteiger partial charge in [-0.15, -0.1) is 0 Å². The van der Waals surface area contributed by atoms with Crippen molar-refractivity contribution in [3.63, 3.8) is 0 Å². The lowest BCUT2D eigenvalue weighted by Crippen LogP contribution is -2.28. The van der Waals surface area contributed by atoms with Gasteiger partial charge in [-0.1, -0.05) is 232 Å². The van der Waals surface area contributed by atoms with Crippen molar-refractivity contribution in [2.75, 3.05) is 13.2 Å². The number of ether oxygens (including phenoxy) is 2. The van der Waals surface area contributed by atoms with Gasteiger partial charge >= 0.3 is 11.9 Å². The molecule has 5 nitrogen and oxygen atoms in total. The molecule has 0 fully saturated rings. The Morgan fingerprint density at radius 3 is 0.880 bits per heavy atom. The Morgan fingerprint density at radius 1 is 0.380 bits per heavy atom. The SMILES string of the molecule is CCCCCCCCCCCCCCCCCCCCCCCCCCCCCCCCCC(=O)OC(CO)COC(=O)CCCCCCC. The first-order valence-corrected chi connectivity index (χ1v) is 22.6. The van der Waals surface area contributed by atoms with E-state index in [-0.39, 0.29) is 25.2 Å². The highest BCUT2D eigenvalue weighted by Gasteiger charge is 2.16. The predicted molar refractivity (Wildman–Crippen MR) is 215 cm³/mol. The quantitative estimate of drug-likeness (QED) is 0.0505. The Balaban J connectivity index is 3.29. The zero-order valence-electron chi connectivity index (χ0n) is 33.9. The normalized spacial score (nSPS) is 12.0. The summed E-state index contributed by atoms with van der Waals surface area (Å²) < 4.78 is 10.5. The fourth-order valence-electron chi connectivity index (χ4n) is 6.97. The molecule has 0 aliphatic rings. The number of carbonyl (C=O) groups excluding carboxylic acids is 2. The lowest BCUT2D eigenvalue weighted by molar-refractivity contribution is -0.161. The number of esters is 2. The van der Waals surface area contributed by atoms with Crippen molar-refractivity contribution >= 4 is 11.9 Å². The molecule has 1 atom stereocenters. The van der Waals surface area contributed by atoms with E-state index in [0.717, 1.165) is 38.5 Å². The molecular formula is C45H88O5. The van der Waals surface area contributed by atoms with Crippen LogP contribution < -0.4 is 0 Å². The summed E-state index contributed by atoms with van der Waals surface area (Å²) in [4.78, 5) is 24.0. The van der Waals surface area contributed by atoms with E-state index >= 15 is 0 Å². The van der Waals surface area contributed by atoms with Gasteiger partial charge in [0.15, 0.2) is 6.10 Å². The molecule has 0 saturated heterocycles. The zero-order chi connectivity index (χ0) is 36.4. The standard InChI is InChI=1S/C45H88O5/c1-3-5-7-9-10-11-12-13-14-15-16-17-18-19-20-21-22-23-24-25-26-27-28-29-30-31-32-33-34-36-38-40-45(48)50-43(41-46)42-49-44(47)39-37-35-8-6-4-2/h43,46H,3-42H2,1-2H3. The van der Waals surface area contributed by atoms with Crippen molar-refractivity contribution in [3.8, 4) is 0 Å². The lowest BCUT2D eigenvalue weighted by Gasteiger charge is -2.15. The number of hydrogen-bond acceptors (Lipinski definition) is 5. The second-order valence-electron chi connectivity index (χ2n) is 15.5. The van der Waals surface area contributed by atoms with Gasteiger partial charge in [-0.05, 0) is 12.8 Å². The molecule has 0 aliphatic carbocycles. The number of hydrogen-bond donors (Lipinski definition) is 1. The minimum absolute atomic E-state index is 0.0599. The summed E-state index contributed by atoms with van der Waals surface area (Å²) in [6, 6.07) is 0. The van der Waals surface area contributed by atoms with Gasteiger partial charge < -0.3 is 14.6 Å². The van der Waals surface area contributed by atoms with Crippen LogP contribution in [-0.4, -0.2) is 36.4 Å². The monoisotopic (exact) mass is 709 g/mol. The number of rotatable bonds is 42. The number of aliphatic hydroxyl groups is 1. The van der Waals surface area contributed by atoms with Gasteiger partial charge in [0.25, 0.3) is 0 Å². The van der Waals surface area contributed by atoms with Crippen LogP contribution in [0.3, 0.4) is 0 Å². The molecule has 0 radical (unpaired) electrons. The fourth-order valence-corrected chi connectivity index (χ4v) is 6.97. The maximum Gasteiger partial charge on any atom is 0.306 e. The summed E-state index contributed by atoms with van der Waals surface area (Å²) in [5, 5.41) is 9.48. The van der Waals surface area contributed by atoms with E-state index in [1.807, 2.05) is 0 Å². The number of carbonyl (C=O) groups is 2. The highest BCUT2D eigenvalue weighted by molar-refractivity contribution is 5.70. The molecule has 0 aromatic heterocycles. The molecule has 0 saturated carbocycles. The van der Waals surface area contributed by atoms with Crippen LogP contribution in [0.5, 0.6) is 0 Å². The first kappa shape index (κ1) is 48.9. The summed E-state index contributed by atoms with van der Waals surface area (Å²) in [6.45, 7) is 4.08. The molecule has 0 aliphatic heterocycles. The molecule has 0 spiro atoms. The summed E-state index contributed by atoms with van der Waals surface area (Å²) in [6.07, 6.45) is 48.2. The summed E-state index contributed by atoms with van der Waals surface area (Å²) in [5.41, 5.74) is 0. The van der Waals surface area contributed by atoms with E-state index in [0.29, 0.717) is 12.8 Å². The third-order valence-corrected chi connectivity index (χ3v) is 10.4. The molecular weight excluding hydrogens is 620 g/mol. The Labute approximate surface area is 312 Å². The van der Waals surface area contributed by atoms with Gasteiger partial charge in [-0.25, -0.2) is 0 Å². The largest absolute Gasteiger partial charge is 0.462 e. The van der Waals surface area contributed by atoms with Crippen LogP contribution in [0.2, 0.25) is 0 Å². The first-order valence-electron chi connectivity index (χ1n) is 22.6. The zero-order valence-corrected chi connectivity index (χ0v) is 33.9. The molecule has 0 rings (SSSR count). The first-order chi connectivity index (χ1) is 24.6. The van der Waals surface area contributed by atoms with Crippen molar-refractivity contribution < 1.29 is 24.2 Å². The molecule has 50 heavy (non-hydrogen) atoms. The topological polar surface area (TPSA) is 72.8 Å². The second-order valence-corrected chi connectivity index (χ2v) is 15.5. The van der Waals surface area contributed by atoms with Crippen molar-refractivity contribution in [1.29, 1.82) is 0 Å². The second kappa shape index (κ2) is 42.3. The van der Waals surface area contributed by atoms with Crippen LogP contribution in [0.1, 0.15) is 258 Å². The van der Waals surface area contributed by atoms with Gasteiger partial charge in [0.1, 0.15) is 6.61 Å². The van der Waals surface area contributed by atoms with Gasteiger partial charge in [0.05, 0.1) is 6.61 Å². The maximum absolute atomic E-state index is 12.1. The minimum Gasteiger partial charge on any atom is -0.462 e. The average Bonchev–Trinajstić information content (AvgIpc) is 3.12. The van der Waals surface area contributed by atoms with Crippen LogP contribution in [0.4, 0.5) is 0 Å². The van der Waals surface area contributed by atoms with E-state index in [1.165, 1.54) is 193 Å². The van der Waals surface area contributed by atoms with Crippen LogP contribution in [0.25, 0.3) is 0 Å². The molecule has 1 unspecified atom stereocenters. The van der Waals surface area contributed by atoms with E-state index < -0.39 is 6.10 Å². The number of aliphatic hydroxyl groups excluding tert-OH is 1. The van der Waals surface area contributed by atoms with Crippen LogP contribution in [0.15, 0.2) is 0 Å². The maximum atomic E-state index is 12.1. The molecule has 0 aromatic rings. The molecule has 0 amide bonds. The molecule has 0 bridgehead atoms. The van der Waals surface area contributed by atoms with Crippen molar-refractivity contribution in [2.45, 2.75) is 264 Å². The summed E-state index contributed by atoms with van der Waals surface area (Å²) >= 11 is 0. The Bertz CT molecular complexity index is 680. The highest BCUT2D eigenvalue weighted by atomic mass is 16.6. The van der Waals surface area contributed by atoms with Crippen LogP contribution in [-0.2, 0) is 19.1 Å². The lowest BCUT2D eigenvalue weighted by atomic mass is 10.0. The Kier molecular flexibility index (Phi) is 41.4. The van der Waals surface area contributed by atoms with Crippen molar-refractivity contribution in [2.24, 2.45) is 0 Å². The minimum atomic E-state index is -0.759. The number of unbranched alkanes of at least 4 members (excludes halogenated alkanes) is 34. The molecule has 0 aromatic carbocycles. The Morgan fingerprint density at radius 2 is 0.620 bits per heavy atom. The Hall–Kier alpha value is -1.10. The van der Waals surface area contributed by atoms with Gasteiger partial charge in [0.2, 0.25) is 0 Å². The van der Waals surface area contributed by atoms with E-state index in [1.54, 1.807) is 0 Å². The van der Waals surface area contributed by atoms with Crippen LogP contribution in [0, 0.1) is 0 Å². The average molecular weight is 709 g/mol. The summed E-state index contributed by atoms with van der Waals surface area (Å²) in [5.74, 6) is -0.591. The van der Waals surface area contributed by atoms with Crippen molar-refractivity contribution in [3.05, 3.63) is 0 Å². The smallest absolute Gasteiger partial charge is 0.306 e. The highest BCUT2D eigenvalue weighted by Crippen LogP contribution is 2.17. The van der Waals surface area contributed by atoms with E-state index in [4.69, 9.17) is 9.47 Å². The van der Waals surface area contributed by atoms with Gasteiger partial charge in [0, 0.05) is 12.8 Å². The fraction of sp³-hybridized carbons (Fsp3) is 0.956. The van der Waals surface area contributed by atoms with E-state index in [9.17, 15) is 14.7 Å². The van der Waals surface area contributed by atoms with Crippen molar-refractivity contribution in [1.82, 2.24) is 0 Å². The molecule has 1 N–H and O–H groups in total. The predicted octanol–water partition coefficient (Wildman–Crippen LogP) is 14.3. The third-order valence-electron chi connectivity index (χ3n) is 10.4. The van der Waals surface area contributed by atoms with Gasteiger partial charge in [-0.3, -0.25) is 9.59 Å². The molecule has 298 valence electrons. The summed E-state index contributed by atoms with van der Waals surface area (Å²) in [7, 11) is 0. The molecule has 0 heterocycles. The molecule has 5 heteroatoms. The third kappa shape index (κ3) is 39.7. The van der Waals surface area contributed by atoms with Gasteiger partial charge in [-0.2, -0.15) is 0 Å². The van der Waals surface area contributed by atoms with Crippen LogP contribution >= 0.6 is 0 Å².